The summed E-state index contributed by atoms with van der Waals surface area (Å²) in [6.07, 6.45) is -4.52. The molecule has 2 rings (SSSR count). The molecule has 0 aliphatic heterocycles. The number of nitrogen functional groups attached to an aromatic ring is 1. The quantitative estimate of drug-likeness (QED) is 0.886. The summed E-state index contributed by atoms with van der Waals surface area (Å²) in [7, 11) is 0. The van der Waals surface area contributed by atoms with E-state index in [0.29, 0.717) is 0 Å². The molecule has 0 unspecified atom stereocenters. The first-order valence-corrected chi connectivity index (χ1v) is 6.08. The van der Waals surface area contributed by atoms with Gasteiger partial charge < -0.3 is 11.1 Å². The standard InChI is InChI=1S/C12H9F3N2OS/c13-12(14,15)8-3-1-2-4-9(8)17-11(18)7-5-6-19-10(7)16/h1-6H,16H2,(H,17,18). The molecule has 19 heavy (non-hydrogen) atoms. The first-order valence-electron chi connectivity index (χ1n) is 5.20. The molecule has 0 spiro atoms. The second kappa shape index (κ2) is 4.93. The van der Waals surface area contributed by atoms with Gasteiger partial charge in [0, 0.05) is 0 Å². The second-order valence-corrected chi connectivity index (χ2v) is 4.64. The number of carbonyl (C=O) groups is 1. The SMILES string of the molecule is Nc1sccc1C(=O)Nc1ccccc1C(F)(F)F. The van der Waals surface area contributed by atoms with Gasteiger partial charge in [0.1, 0.15) is 0 Å². The highest BCUT2D eigenvalue weighted by molar-refractivity contribution is 7.14. The predicted octanol–water partition coefficient (Wildman–Crippen LogP) is 3.60. The van der Waals surface area contributed by atoms with Crippen LogP contribution in [0.5, 0.6) is 0 Å². The number of anilines is 2. The van der Waals surface area contributed by atoms with Crippen LogP contribution in [-0.2, 0) is 6.18 Å². The fourth-order valence-corrected chi connectivity index (χ4v) is 2.18. The largest absolute Gasteiger partial charge is 0.418 e. The molecule has 0 aliphatic rings. The van der Waals surface area contributed by atoms with Gasteiger partial charge in [0.25, 0.3) is 5.91 Å². The summed E-state index contributed by atoms with van der Waals surface area (Å²) in [5.41, 5.74) is 4.54. The van der Waals surface area contributed by atoms with Crippen molar-refractivity contribution in [1.82, 2.24) is 0 Å². The highest BCUT2D eigenvalue weighted by atomic mass is 32.1. The maximum atomic E-state index is 12.7. The Balaban J connectivity index is 2.30. The normalized spacial score (nSPS) is 11.3. The van der Waals surface area contributed by atoms with Crippen molar-refractivity contribution in [2.75, 3.05) is 11.1 Å². The van der Waals surface area contributed by atoms with Crippen molar-refractivity contribution in [2.24, 2.45) is 0 Å². The molecule has 0 saturated heterocycles. The third kappa shape index (κ3) is 2.87. The van der Waals surface area contributed by atoms with Gasteiger partial charge in [-0.3, -0.25) is 4.79 Å². The first-order chi connectivity index (χ1) is 8.89. The number of hydrogen-bond donors (Lipinski definition) is 2. The number of amides is 1. The Labute approximate surface area is 110 Å². The number of para-hydroxylation sites is 1. The van der Waals surface area contributed by atoms with Crippen LogP contribution < -0.4 is 11.1 Å². The predicted molar refractivity (Wildman–Crippen MR) is 68.1 cm³/mol. The molecule has 100 valence electrons. The summed E-state index contributed by atoms with van der Waals surface area (Å²) >= 11 is 1.15. The zero-order valence-electron chi connectivity index (χ0n) is 9.49. The van der Waals surface area contributed by atoms with Crippen molar-refractivity contribution in [3.05, 3.63) is 46.8 Å². The molecule has 0 aliphatic carbocycles. The Hall–Kier alpha value is -2.02. The molecule has 2 aromatic rings. The van der Waals surface area contributed by atoms with E-state index < -0.39 is 17.6 Å². The number of alkyl halides is 3. The Kier molecular flexibility index (Phi) is 3.48. The van der Waals surface area contributed by atoms with Crippen LogP contribution in [0.2, 0.25) is 0 Å². The fourth-order valence-electron chi connectivity index (χ4n) is 1.54. The first kappa shape index (κ1) is 13.4. The fraction of sp³-hybridized carbons (Fsp3) is 0.0833. The highest BCUT2D eigenvalue weighted by Crippen LogP contribution is 2.35. The van der Waals surface area contributed by atoms with Crippen molar-refractivity contribution in [3.63, 3.8) is 0 Å². The smallest absolute Gasteiger partial charge is 0.390 e. The molecule has 0 fully saturated rings. The van der Waals surface area contributed by atoms with E-state index in [4.69, 9.17) is 5.73 Å². The zero-order chi connectivity index (χ0) is 14.0. The molecule has 0 bridgehead atoms. The van der Waals surface area contributed by atoms with Crippen molar-refractivity contribution in [2.45, 2.75) is 6.18 Å². The lowest BCUT2D eigenvalue weighted by Gasteiger charge is -2.13. The summed E-state index contributed by atoms with van der Waals surface area (Å²) in [4.78, 5) is 11.8. The summed E-state index contributed by atoms with van der Waals surface area (Å²) in [5.74, 6) is -0.657. The summed E-state index contributed by atoms with van der Waals surface area (Å²) in [6.45, 7) is 0. The number of carbonyl (C=O) groups excluding carboxylic acids is 1. The molecule has 3 nitrogen and oxygen atoms in total. The van der Waals surface area contributed by atoms with Crippen molar-refractivity contribution < 1.29 is 18.0 Å². The van der Waals surface area contributed by atoms with E-state index in [1.165, 1.54) is 24.3 Å². The molecule has 7 heteroatoms. The lowest BCUT2D eigenvalue weighted by molar-refractivity contribution is -0.136. The van der Waals surface area contributed by atoms with E-state index in [1.807, 2.05) is 0 Å². The van der Waals surface area contributed by atoms with Crippen molar-refractivity contribution in [3.8, 4) is 0 Å². The minimum atomic E-state index is -4.52. The van der Waals surface area contributed by atoms with Gasteiger partial charge in [-0.2, -0.15) is 13.2 Å². The second-order valence-electron chi connectivity index (χ2n) is 3.70. The van der Waals surface area contributed by atoms with Crippen LogP contribution in [0.1, 0.15) is 15.9 Å². The molecule has 0 saturated carbocycles. The molecule has 1 aromatic carbocycles. The molecule has 0 radical (unpaired) electrons. The van der Waals surface area contributed by atoms with Crippen LogP contribution in [-0.4, -0.2) is 5.91 Å². The molecule has 0 atom stereocenters. The number of nitrogens with one attached hydrogen (secondary N) is 1. The van der Waals surface area contributed by atoms with Crippen molar-refractivity contribution >= 4 is 27.9 Å². The Bertz CT molecular complexity index is 607. The molecular formula is C12H9F3N2OS. The van der Waals surface area contributed by atoms with Gasteiger partial charge in [0.2, 0.25) is 0 Å². The van der Waals surface area contributed by atoms with Gasteiger partial charge in [-0.15, -0.1) is 11.3 Å². The van der Waals surface area contributed by atoms with Crippen LogP contribution in [0.4, 0.5) is 23.9 Å². The molecule has 3 N–H and O–H groups in total. The van der Waals surface area contributed by atoms with Crippen LogP contribution in [0.3, 0.4) is 0 Å². The van der Waals surface area contributed by atoms with Crippen LogP contribution in [0.25, 0.3) is 0 Å². The number of rotatable bonds is 2. The van der Waals surface area contributed by atoms with Crippen LogP contribution >= 0.6 is 11.3 Å². The monoisotopic (exact) mass is 286 g/mol. The number of nitrogens with two attached hydrogens (primary N) is 1. The summed E-state index contributed by atoms with van der Waals surface area (Å²) in [5, 5.41) is 4.09. The van der Waals surface area contributed by atoms with E-state index in [1.54, 1.807) is 5.38 Å². The number of hydrogen-bond acceptors (Lipinski definition) is 3. The van der Waals surface area contributed by atoms with Gasteiger partial charge in [-0.05, 0) is 23.6 Å². The molecule has 1 amide bonds. The third-order valence-electron chi connectivity index (χ3n) is 2.42. The van der Waals surface area contributed by atoms with Gasteiger partial charge >= 0.3 is 6.18 Å². The van der Waals surface area contributed by atoms with E-state index in [2.05, 4.69) is 5.32 Å². The Morgan fingerprint density at radius 2 is 1.89 bits per heavy atom. The Morgan fingerprint density at radius 1 is 1.21 bits per heavy atom. The van der Waals surface area contributed by atoms with Gasteiger partial charge in [-0.1, -0.05) is 12.1 Å². The minimum absolute atomic E-state index is 0.168. The average molecular weight is 286 g/mol. The third-order valence-corrected chi connectivity index (χ3v) is 3.17. The summed E-state index contributed by atoms with van der Waals surface area (Å²) < 4.78 is 38.2. The van der Waals surface area contributed by atoms with Gasteiger partial charge in [0.15, 0.2) is 0 Å². The van der Waals surface area contributed by atoms with Gasteiger partial charge in [0.05, 0.1) is 21.8 Å². The van der Waals surface area contributed by atoms with Crippen LogP contribution in [0.15, 0.2) is 35.7 Å². The lowest BCUT2D eigenvalue weighted by Crippen LogP contribution is -2.16. The molecule has 1 heterocycles. The van der Waals surface area contributed by atoms with Crippen molar-refractivity contribution in [1.29, 1.82) is 0 Å². The molecular weight excluding hydrogens is 277 g/mol. The van der Waals surface area contributed by atoms with E-state index >= 15 is 0 Å². The maximum Gasteiger partial charge on any atom is 0.418 e. The minimum Gasteiger partial charge on any atom is -0.390 e. The van der Waals surface area contributed by atoms with E-state index in [-0.39, 0.29) is 16.3 Å². The summed E-state index contributed by atoms with van der Waals surface area (Å²) in [6, 6.07) is 6.25. The number of benzene rings is 1. The van der Waals surface area contributed by atoms with Crippen LogP contribution in [0, 0.1) is 0 Å². The topological polar surface area (TPSA) is 55.1 Å². The number of halogens is 3. The lowest BCUT2D eigenvalue weighted by atomic mass is 10.1. The molecule has 1 aromatic heterocycles. The average Bonchev–Trinajstić information content (AvgIpc) is 2.75. The Morgan fingerprint density at radius 3 is 2.47 bits per heavy atom. The van der Waals surface area contributed by atoms with E-state index in [9.17, 15) is 18.0 Å². The van der Waals surface area contributed by atoms with Gasteiger partial charge in [-0.25, -0.2) is 0 Å². The van der Waals surface area contributed by atoms with E-state index in [0.717, 1.165) is 17.4 Å². The number of thiophene rings is 1. The zero-order valence-corrected chi connectivity index (χ0v) is 10.3. The maximum absolute atomic E-state index is 12.7. The highest BCUT2D eigenvalue weighted by Gasteiger charge is 2.33.